The Balaban J connectivity index is 1.92. The molecular weight excluding hydrogens is 356 g/mol. The van der Waals surface area contributed by atoms with E-state index in [0.29, 0.717) is 24.6 Å². The second-order valence-electron chi connectivity index (χ2n) is 5.61. The third-order valence-electron chi connectivity index (χ3n) is 4.00. The van der Waals surface area contributed by atoms with Crippen molar-refractivity contribution in [3.8, 4) is 11.5 Å². The zero-order valence-corrected chi connectivity index (χ0v) is 15.4. The van der Waals surface area contributed by atoms with Gasteiger partial charge in [0.25, 0.3) is 0 Å². The lowest BCUT2D eigenvalue weighted by molar-refractivity contribution is 0.0728. The molecule has 138 valence electrons. The quantitative estimate of drug-likeness (QED) is 0.637. The highest BCUT2D eigenvalue weighted by molar-refractivity contribution is 7.89. The highest BCUT2D eigenvalue weighted by Crippen LogP contribution is 2.31. The predicted molar refractivity (Wildman–Crippen MR) is 97.2 cm³/mol. The molecule has 2 aromatic carbocycles. The number of fused-ring (bicyclic) bond motifs is 1. The van der Waals surface area contributed by atoms with Gasteiger partial charge in [-0.25, -0.2) is 13.2 Å². The van der Waals surface area contributed by atoms with Crippen LogP contribution in [-0.2, 0) is 10.0 Å². The normalized spacial score (nSPS) is 15.2. The molecule has 0 spiro atoms. The van der Waals surface area contributed by atoms with E-state index in [1.165, 1.54) is 6.07 Å². The van der Waals surface area contributed by atoms with Gasteiger partial charge in [0.2, 0.25) is 10.0 Å². The van der Waals surface area contributed by atoms with E-state index in [0.717, 1.165) is 0 Å². The molecule has 0 unspecified atom stereocenters. The molecule has 0 bridgehead atoms. The molecule has 26 heavy (non-hydrogen) atoms. The van der Waals surface area contributed by atoms with Gasteiger partial charge in [-0.1, -0.05) is 12.1 Å². The molecule has 0 amide bonds. The average Bonchev–Trinajstić information content (AvgIpc) is 2.63. The highest BCUT2D eigenvalue weighted by Gasteiger charge is 2.28. The van der Waals surface area contributed by atoms with Gasteiger partial charge < -0.3 is 14.4 Å². The van der Waals surface area contributed by atoms with Crippen molar-refractivity contribution in [2.45, 2.75) is 18.7 Å². The Morgan fingerprint density at radius 3 is 2.58 bits per heavy atom. The lowest BCUT2D eigenvalue weighted by Gasteiger charge is -2.30. The first kappa shape index (κ1) is 18.2. The van der Waals surface area contributed by atoms with Crippen molar-refractivity contribution >= 4 is 21.7 Å². The van der Waals surface area contributed by atoms with Gasteiger partial charge in [0.05, 0.1) is 24.5 Å². The SMILES string of the molecule is CCOc1ccccc1OC(=O)c1ccc2c(c1)S(=O)(=O)NCN2CC. The fourth-order valence-corrected chi connectivity index (χ4v) is 3.93. The van der Waals surface area contributed by atoms with Gasteiger partial charge in [0.1, 0.15) is 4.90 Å². The number of nitrogens with zero attached hydrogens (tertiary/aromatic N) is 1. The lowest BCUT2D eigenvalue weighted by Crippen LogP contribution is -2.43. The smallest absolute Gasteiger partial charge is 0.343 e. The van der Waals surface area contributed by atoms with Crippen LogP contribution in [0.3, 0.4) is 0 Å². The number of para-hydroxylation sites is 2. The summed E-state index contributed by atoms with van der Waals surface area (Å²) < 4.78 is 37.9. The third kappa shape index (κ3) is 3.51. The number of anilines is 1. The van der Waals surface area contributed by atoms with E-state index in [4.69, 9.17) is 9.47 Å². The number of hydrogen-bond acceptors (Lipinski definition) is 6. The molecule has 1 heterocycles. The summed E-state index contributed by atoms with van der Waals surface area (Å²) in [5.41, 5.74) is 0.718. The lowest BCUT2D eigenvalue weighted by atomic mass is 10.2. The Morgan fingerprint density at radius 2 is 1.88 bits per heavy atom. The van der Waals surface area contributed by atoms with Crippen molar-refractivity contribution in [3.63, 3.8) is 0 Å². The molecule has 0 radical (unpaired) electrons. The predicted octanol–water partition coefficient (Wildman–Crippen LogP) is 2.38. The molecule has 0 atom stereocenters. The third-order valence-corrected chi connectivity index (χ3v) is 5.42. The van der Waals surface area contributed by atoms with E-state index < -0.39 is 16.0 Å². The first-order chi connectivity index (χ1) is 12.5. The minimum Gasteiger partial charge on any atom is -0.490 e. The Labute approximate surface area is 152 Å². The molecule has 3 rings (SSSR count). The number of ether oxygens (including phenoxy) is 2. The maximum atomic E-state index is 12.5. The first-order valence-electron chi connectivity index (χ1n) is 8.29. The standard InChI is InChI=1S/C18H20N2O5S/c1-3-20-12-19-26(22,23)17-11-13(9-10-14(17)20)18(21)25-16-8-6-5-7-15(16)24-4-2/h5-11,19H,3-4,12H2,1-2H3. The van der Waals surface area contributed by atoms with Crippen LogP contribution in [0.4, 0.5) is 5.69 Å². The monoisotopic (exact) mass is 376 g/mol. The number of carbonyl (C=O) groups excluding carboxylic acids is 1. The fraction of sp³-hybridized carbons (Fsp3) is 0.278. The van der Waals surface area contributed by atoms with Crippen molar-refractivity contribution in [2.24, 2.45) is 0 Å². The summed E-state index contributed by atoms with van der Waals surface area (Å²) in [6, 6.07) is 11.4. The van der Waals surface area contributed by atoms with Crippen LogP contribution in [0.25, 0.3) is 0 Å². The van der Waals surface area contributed by atoms with Crippen LogP contribution in [0, 0.1) is 0 Å². The van der Waals surface area contributed by atoms with Gasteiger partial charge >= 0.3 is 5.97 Å². The average molecular weight is 376 g/mol. The van der Waals surface area contributed by atoms with Crippen molar-refractivity contribution in [1.29, 1.82) is 0 Å². The largest absolute Gasteiger partial charge is 0.490 e. The summed E-state index contributed by atoms with van der Waals surface area (Å²) in [7, 11) is -3.65. The zero-order chi connectivity index (χ0) is 18.7. The topological polar surface area (TPSA) is 84.9 Å². The summed E-state index contributed by atoms with van der Waals surface area (Å²) >= 11 is 0. The molecule has 0 fully saturated rings. The minimum atomic E-state index is -3.65. The fourth-order valence-electron chi connectivity index (χ4n) is 2.69. The van der Waals surface area contributed by atoms with E-state index in [2.05, 4.69) is 4.72 Å². The summed E-state index contributed by atoms with van der Waals surface area (Å²) in [6.45, 7) is 5.04. The maximum Gasteiger partial charge on any atom is 0.343 e. The summed E-state index contributed by atoms with van der Waals surface area (Å²) in [6.07, 6.45) is 0. The number of benzene rings is 2. The molecule has 1 aliphatic rings. The molecule has 1 aliphatic heterocycles. The Morgan fingerprint density at radius 1 is 1.15 bits per heavy atom. The van der Waals surface area contributed by atoms with E-state index in [1.54, 1.807) is 36.4 Å². The van der Waals surface area contributed by atoms with Gasteiger partial charge in [0.15, 0.2) is 11.5 Å². The van der Waals surface area contributed by atoms with Gasteiger partial charge in [0, 0.05) is 6.54 Å². The van der Waals surface area contributed by atoms with E-state index in [1.807, 2.05) is 18.7 Å². The Bertz CT molecular complexity index is 927. The summed E-state index contributed by atoms with van der Waals surface area (Å²) in [5, 5.41) is 0. The Kier molecular flexibility index (Phi) is 5.15. The molecular formula is C18H20N2O5S. The van der Waals surface area contributed by atoms with Gasteiger partial charge in [-0.2, -0.15) is 4.72 Å². The second-order valence-corrected chi connectivity index (χ2v) is 7.35. The number of esters is 1. The number of sulfonamides is 1. The number of carbonyl (C=O) groups is 1. The van der Waals surface area contributed by atoms with E-state index in [-0.39, 0.29) is 22.9 Å². The summed E-state index contributed by atoms with van der Waals surface area (Å²) in [5.74, 6) is 0.0877. The molecule has 7 nitrogen and oxygen atoms in total. The van der Waals surface area contributed by atoms with Crippen LogP contribution in [0.1, 0.15) is 24.2 Å². The van der Waals surface area contributed by atoms with E-state index in [9.17, 15) is 13.2 Å². The first-order valence-corrected chi connectivity index (χ1v) is 9.77. The van der Waals surface area contributed by atoms with Crippen molar-refractivity contribution < 1.29 is 22.7 Å². The van der Waals surface area contributed by atoms with E-state index >= 15 is 0 Å². The zero-order valence-electron chi connectivity index (χ0n) is 14.6. The molecule has 8 heteroatoms. The van der Waals surface area contributed by atoms with Gasteiger partial charge in [-0.05, 0) is 44.2 Å². The summed E-state index contributed by atoms with van der Waals surface area (Å²) in [4.78, 5) is 14.5. The molecule has 1 N–H and O–H groups in total. The maximum absolute atomic E-state index is 12.5. The molecule has 0 aliphatic carbocycles. The Hall–Kier alpha value is -2.58. The molecule has 0 saturated carbocycles. The van der Waals surface area contributed by atoms with Gasteiger partial charge in [-0.3, -0.25) is 0 Å². The van der Waals surface area contributed by atoms with Crippen molar-refractivity contribution in [2.75, 3.05) is 24.7 Å². The number of nitrogens with one attached hydrogen (secondary N) is 1. The molecule has 0 saturated heterocycles. The minimum absolute atomic E-state index is 0.0677. The van der Waals surface area contributed by atoms with Crippen LogP contribution in [0.2, 0.25) is 0 Å². The van der Waals surface area contributed by atoms with Gasteiger partial charge in [-0.15, -0.1) is 0 Å². The van der Waals surface area contributed by atoms with Crippen LogP contribution < -0.4 is 19.1 Å². The van der Waals surface area contributed by atoms with Crippen LogP contribution in [-0.4, -0.2) is 34.2 Å². The van der Waals surface area contributed by atoms with Crippen molar-refractivity contribution in [3.05, 3.63) is 48.0 Å². The molecule has 0 aromatic heterocycles. The number of hydrogen-bond donors (Lipinski definition) is 1. The number of rotatable bonds is 5. The highest BCUT2D eigenvalue weighted by atomic mass is 32.2. The van der Waals surface area contributed by atoms with Crippen LogP contribution >= 0.6 is 0 Å². The molecule has 2 aromatic rings. The van der Waals surface area contributed by atoms with Crippen LogP contribution in [0.5, 0.6) is 11.5 Å². The van der Waals surface area contributed by atoms with Crippen LogP contribution in [0.15, 0.2) is 47.4 Å². The van der Waals surface area contributed by atoms with Crippen molar-refractivity contribution in [1.82, 2.24) is 4.72 Å². The second kappa shape index (κ2) is 7.35.